The number of hydrogen-bond donors (Lipinski definition) is 2. The van der Waals surface area contributed by atoms with E-state index in [9.17, 15) is 9.59 Å². The maximum Gasteiger partial charge on any atom is 0.271 e. The second-order valence-corrected chi connectivity index (χ2v) is 8.54. The van der Waals surface area contributed by atoms with E-state index in [0.717, 1.165) is 18.5 Å². The van der Waals surface area contributed by atoms with E-state index in [-0.39, 0.29) is 28.4 Å². The van der Waals surface area contributed by atoms with Gasteiger partial charge < -0.3 is 10.1 Å². The minimum atomic E-state index is -0.262. The Hall–Kier alpha value is -2.00. The Morgan fingerprint density at radius 3 is 2.88 bits per heavy atom. The highest BCUT2D eigenvalue weighted by Gasteiger charge is 2.36. The largest absolute Gasteiger partial charge is 0.375 e. The van der Waals surface area contributed by atoms with Crippen LogP contribution in [0.1, 0.15) is 49.2 Å². The van der Waals surface area contributed by atoms with Gasteiger partial charge in [0.05, 0.1) is 33.9 Å². The number of aromatic nitrogens is 4. The quantitative estimate of drug-likeness (QED) is 0.833. The molecule has 0 saturated carbocycles. The number of carbonyl (C=O) groups is 1. The van der Waals surface area contributed by atoms with Gasteiger partial charge in [-0.3, -0.25) is 24.1 Å². The minimum absolute atomic E-state index is 0.0748. The van der Waals surface area contributed by atoms with Crippen molar-refractivity contribution in [3.05, 3.63) is 33.9 Å². The Morgan fingerprint density at radius 1 is 1.38 bits per heavy atom. The molecule has 2 aliphatic rings. The summed E-state index contributed by atoms with van der Waals surface area (Å²) in [6, 6.07) is 1.97. The zero-order valence-electron chi connectivity index (χ0n) is 15.1. The standard InChI is InChI=1S/C17H23N5O3S/c1-17(2)8-10(5-7-25-17)22-15-13(16(24)20-22)14(26-9-12(23)19-15)11-4-6-18-21(11)3/h4,6,10,14H,5,7-9H2,1-3H3,(H,19,23)(H,20,24)/t10-,14-/m0/s1. The van der Waals surface area contributed by atoms with Gasteiger partial charge in [-0.1, -0.05) is 0 Å². The summed E-state index contributed by atoms with van der Waals surface area (Å²) in [5.74, 6) is 0.780. The number of ether oxygens (including phenoxy) is 1. The molecule has 140 valence electrons. The molecule has 0 aromatic carbocycles. The van der Waals surface area contributed by atoms with E-state index in [1.165, 1.54) is 11.8 Å². The second kappa shape index (κ2) is 6.31. The average molecular weight is 377 g/mol. The van der Waals surface area contributed by atoms with Crippen molar-refractivity contribution >= 4 is 23.5 Å². The fraction of sp³-hybridized carbons (Fsp3) is 0.588. The van der Waals surface area contributed by atoms with Gasteiger partial charge in [0, 0.05) is 19.9 Å². The molecule has 0 spiro atoms. The van der Waals surface area contributed by atoms with E-state index in [0.29, 0.717) is 23.7 Å². The van der Waals surface area contributed by atoms with E-state index in [1.807, 2.05) is 31.6 Å². The van der Waals surface area contributed by atoms with Crippen LogP contribution in [0.2, 0.25) is 0 Å². The molecule has 0 aliphatic carbocycles. The average Bonchev–Trinajstić information content (AvgIpc) is 3.07. The number of nitrogens with zero attached hydrogens (tertiary/aromatic N) is 3. The maximum atomic E-state index is 12.9. The van der Waals surface area contributed by atoms with Crippen molar-refractivity contribution in [1.29, 1.82) is 0 Å². The van der Waals surface area contributed by atoms with Gasteiger partial charge in [0.2, 0.25) is 5.91 Å². The van der Waals surface area contributed by atoms with Crippen molar-refractivity contribution < 1.29 is 9.53 Å². The molecule has 1 fully saturated rings. The van der Waals surface area contributed by atoms with E-state index >= 15 is 0 Å². The molecule has 9 heteroatoms. The molecule has 4 rings (SSSR count). The minimum Gasteiger partial charge on any atom is -0.375 e. The number of hydrogen-bond acceptors (Lipinski definition) is 5. The lowest BCUT2D eigenvalue weighted by molar-refractivity contribution is -0.113. The summed E-state index contributed by atoms with van der Waals surface area (Å²) >= 11 is 1.45. The summed E-state index contributed by atoms with van der Waals surface area (Å²) in [4.78, 5) is 25.2. The first-order chi connectivity index (χ1) is 12.4. The number of carbonyl (C=O) groups excluding carboxylic acids is 1. The fourth-order valence-corrected chi connectivity index (χ4v) is 4.99. The van der Waals surface area contributed by atoms with Crippen LogP contribution < -0.4 is 10.9 Å². The van der Waals surface area contributed by atoms with Gasteiger partial charge >= 0.3 is 0 Å². The molecular formula is C17H23N5O3S. The van der Waals surface area contributed by atoms with E-state index in [2.05, 4.69) is 15.5 Å². The Bertz CT molecular complexity index is 897. The molecule has 1 amide bonds. The summed E-state index contributed by atoms with van der Waals surface area (Å²) < 4.78 is 9.40. The molecule has 0 radical (unpaired) electrons. The molecule has 0 bridgehead atoms. The third-order valence-electron chi connectivity index (χ3n) is 5.03. The number of aryl methyl sites for hydroxylation is 1. The highest BCUT2D eigenvalue weighted by molar-refractivity contribution is 8.00. The Balaban J connectivity index is 1.82. The van der Waals surface area contributed by atoms with Gasteiger partial charge in [0.25, 0.3) is 5.56 Å². The smallest absolute Gasteiger partial charge is 0.271 e. The molecule has 0 unspecified atom stereocenters. The van der Waals surface area contributed by atoms with Crippen LogP contribution >= 0.6 is 11.8 Å². The summed E-state index contributed by atoms with van der Waals surface area (Å²) in [5, 5.41) is 9.90. The summed E-state index contributed by atoms with van der Waals surface area (Å²) in [5.41, 5.74) is 1.07. The van der Waals surface area contributed by atoms with Crippen molar-refractivity contribution in [2.45, 2.75) is 43.6 Å². The topological polar surface area (TPSA) is 93.9 Å². The zero-order valence-corrected chi connectivity index (χ0v) is 15.9. The van der Waals surface area contributed by atoms with Crippen LogP contribution in [-0.2, 0) is 16.6 Å². The van der Waals surface area contributed by atoms with Crippen LogP contribution in [0, 0.1) is 0 Å². The second-order valence-electron chi connectivity index (χ2n) is 7.45. The van der Waals surface area contributed by atoms with Gasteiger partial charge in [-0.25, -0.2) is 0 Å². The number of aromatic amines is 1. The van der Waals surface area contributed by atoms with Gasteiger partial charge in [0.1, 0.15) is 5.82 Å². The first-order valence-corrected chi connectivity index (χ1v) is 9.78. The lowest BCUT2D eigenvalue weighted by Crippen LogP contribution is -2.36. The maximum absolute atomic E-state index is 12.9. The molecule has 1 saturated heterocycles. The van der Waals surface area contributed by atoms with Crippen LogP contribution in [0.15, 0.2) is 17.1 Å². The van der Waals surface area contributed by atoms with Crippen molar-refractivity contribution in [2.24, 2.45) is 7.05 Å². The normalized spacial score (nSPS) is 25.4. The molecule has 4 heterocycles. The summed E-state index contributed by atoms with van der Waals surface area (Å²) in [7, 11) is 1.85. The van der Waals surface area contributed by atoms with Gasteiger partial charge in [-0.15, -0.1) is 11.8 Å². The number of H-pyrrole nitrogens is 1. The van der Waals surface area contributed by atoms with Crippen molar-refractivity contribution in [3.8, 4) is 0 Å². The number of nitrogens with one attached hydrogen (secondary N) is 2. The number of rotatable bonds is 2. The molecule has 26 heavy (non-hydrogen) atoms. The Morgan fingerprint density at radius 2 is 2.19 bits per heavy atom. The number of thioether (sulfide) groups is 1. The highest BCUT2D eigenvalue weighted by Crippen LogP contribution is 2.41. The van der Waals surface area contributed by atoms with Crippen LogP contribution in [-0.4, -0.2) is 43.4 Å². The number of fused-ring (bicyclic) bond motifs is 1. The summed E-state index contributed by atoms with van der Waals surface area (Å²) in [6.07, 6.45) is 3.27. The molecular weight excluding hydrogens is 354 g/mol. The molecule has 2 atom stereocenters. The Labute approximate surface area is 155 Å². The van der Waals surface area contributed by atoms with E-state index in [4.69, 9.17) is 4.74 Å². The van der Waals surface area contributed by atoms with E-state index < -0.39 is 0 Å². The van der Waals surface area contributed by atoms with Crippen molar-refractivity contribution in [3.63, 3.8) is 0 Å². The van der Waals surface area contributed by atoms with Gasteiger partial charge in [-0.05, 0) is 32.8 Å². The number of anilines is 1. The first-order valence-electron chi connectivity index (χ1n) is 8.73. The number of amides is 1. The van der Waals surface area contributed by atoms with Crippen LogP contribution in [0.3, 0.4) is 0 Å². The third-order valence-corrected chi connectivity index (χ3v) is 6.27. The van der Waals surface area contributed by atoms with Crippen LogP contribution in [0.25, 0.3) is 0 Å². The molecule has 2 aromatic heterocycles. The van der Waals surface area contributed by atoms with Gasteiger partial charge in [-0.2, -0.15) is 5.10 Å². The molecule has 2 aromatic rings. The third kappa shape index (κ3) is 2.99. The molecule has 2 aliphatic heterocycles. The summed E-state index contributed by atoms with van der Waals surface area (Å²) in [6.45, 7) is 4.72. The van der Waals surface area contributed by atoms with Crippen LogP contribution in [0.4, 0.5) is 5.82 Å². The lowest BCUT2D eigenvalue weighted by atomic mass is 9.94. The van der Waals surface area contributed by atoms with Gasteiger partial charge in [0.15, 0.2) is 0 Å². The monoisotopic (exact) mass is 377 g/mol. The fourth-order valence-electron chi connectivity index (χ4n) is 3.81. The SMILES string of the molecule is Cn1nccc1[C@@H]1SCC(=O)Nc2c1c(=O)[nH]n2[C@H]1CCOC(C)(C)C1. The molecule has 2 N–H and O–H groups in total. The van der Waals surface area contributed by atoms with E-state index in [1.54, 1.807) is 10.9 Å². The van der Waals surface area contributed by atoms with Crippen molar-refractivity contribution in [2.75, 3.05) is 17.7 Å². The predicted octanol–water partition coefficient (Wildman–Crippen LogP) is 1.81. The Kier molecular flexibility index (Phi) is 4.23. The van der Waals surface area contributed by atoms with Crippen LogP contribution in [0.5, 0.6) is 0 Å². The molecule has 8 nitrogen and oxygen atoms in total. The highest BCUT2D eigenvalue weighted by atomic mass is 32.2. The predicted molar refractivity (Wildman–Crippen MR) is 99.5 cm³/mol. The van der Waals surface area contributed by atoms with Crippen molar-refractivity contribution in [1.82, 2.24) is 19.6 Å². The zero-order chi connectivity index (χ0) is 18.5. The lowest BCUT2D eigenvalue weighted by Gasteiger charge is -2.36. The first kappa shape index (κ1) is 17.4.